The summed E-state index contributed by atoms with van der Waals surface area (Å²) in [6.07, 6.45) is -2.83. The molecule has 0 aromatic heterocycles. The second-order valence-electron chi connectivity index (χ2n) is 7.85. The molecule has 0 saturated heterocycles. The molecule has 5 atom stereocenters. The molecule has 11 nitrogen and oxygen atoms in total. The molecule has 0 fully saturated rings. The molecule has 0 aliphatic heterocycles. The van der Waals surface area contributed by atoms with Gasteiger partial charge in [0.15, 0.2) is 0 Å². The lowest BCUT2D eigenvalue weighted by Gasteiger charge is -2.22. The van der Waals surface area contributed by atoms with Crippen LogP contribution in [0.3, 0.4) is 0 Å². The number of unbranched alkanes of at least 4 members (excludes halogenated alkanes) is 1. The lowest BCUT2D eigenvalue weighted by atomic mass is 10.0. The summed E-state index contributed by atoms with van der Waals surface area (Å²) in [7, 11) is 0. The summed E-state index contributed by atoms with van der Waals surface area (Å²) in [5, 5.41) is 54.7. The maximum absolute atomic E-state index is 12.7. The summed E-state index contributed by atoms with van der Waals surface area (Å²) in [4.78, 5) is 35.8. The van der Waals surface area contributed by atoms with E-state index in [1.165, 1.54) is 6.92 Å². The zero-order valence-electron chi connectivity index (χ0n) is 18.7. The van der Waals surface area contributed by atoms with Crippen molar-refractivity contribution in [3.05, 3.63) is 35.9 Å². The van der Waals surface area contributed by atoms with Gasteiger partial charge in [0.1, 0.15) is 24.3 Å². The van der Waals surface area contributed by atoms with E-state index in [2.05, 4.69) is 16.0 Å². The monoisotopic (exact) mass is 469 g/mol. The van der Waals surface area contributed by atoms with Crippen molar-refractivity contribution in [2.45, 2.75) is 63.0 Å². The maximum atomic E-state index is 12.7. The molecular formula is C22H35N3O8. The van der Waals surface area contributed by atoms with Crippen LogP contribution in [0, 0.1) is 0 Å². The second kappa shape index (κ2) is 15.3. The molecule has 0 bridgehead atoms. The highest BCUT2D eigenvalue weighted by molar-refractivity contribution is 5.90. The van der Waals surface area contributed by atoms with E-state index in [9.17, 15) is 34.8 Å². The number of aliphatic hydroxyl groups excluding tert-OH is 4. The van der Waals surface area contributed by atoms with Crippen LogP contribution in [-0.4, -0.2) is 93.4 Å². The molecule has 1 aromatic rings. The van der Waals surface area contributed by atoms with Gasteiger partial charge in [-0.3, -0.25) is 9.59 Å². The Labute approximate surface area is 192 Å². The van der Waals surface area contributed by atoms with Crippen LogP contribution in [0.25, 0.3) is 0 Å². The molecular weight excluding hydrogens is 434 g/mol. The average Bonchev–Trinajstić information content (AvgIpc) is 2.78. The lowest BCUT2D eigenvalue weighted by molar-refractivity contribution is -0.142. The number of carboxylic acid groups (broad SMARTS) is 1. The molecule has 0 saturated carbocycles. The number of nitrogens with one attached hydrogen (secondary N) is 3. The van der Waals surface area contributed by atoms with Crippen molar-refractivity contribution in [3.8, 4) is 0 Å². The predicted octanol–water partition coefficient (Wildman–Crippen LogP) is -1.86. The number of benzene rings is 1. The van der Waals surface area contributed by atoms with E-state index in [0.717, 1.165) is 5.56 Å². The van der Waals surface area contributed by atoms with Gasteiger partial charge in [0.25, 0.3) is 0 Å². The number of aliphatic carboxylic acids is 1. The highest BCUT2D eigenvalue weighted by atomic mass is 16.4. The third-order valence-electron chi connectivity index (χ3n) is 5.02. The quantitative estimate of drug-likeness (QED) is 0.128. The van der Waals surface area contributed by atoms with Crippen molar-refractivity contribution in [2.24, 2.45) is 0 Å². The molecule has 0 spiro atoms. The molecule has 5 unspecified atom stereocenters. The summed E-state index contributed by atoms with van der Waals surface area (Å²) in [6.45, 7) is 0.999. The van der Waals surface area contributed by atoms with Gasteiger partial charge in [-0.2, -0.15) is 0 Å². The number of hydrogen-bond acceptors (Lipinski definition) is 8. The number of amides is 2. The van der Waals surface area contributed by atoms with Crippen molar-refractivity contribution in [1.29, 1.82) is 0 Å². The number of aliphatic hydroxyl groups is 4. The fraction of sp³-hybridized carbons (Fsp3) is 0.591. The van der Waals surface area contributed by atoms with Crippen molar-refractivity contribution < 1.29 is 39.9 Å². The van der Waals surface area contributed by atoms with Gasteiger partial charge >= 0.3 is 5.97 Å². The van der Waals surface area contributed by atoms with Crippen molar-refractivity contribution >= 4 is 17.8 Å². The van der Waals surface area contributed by atoms with Gasteiger partial charge in [0.2, 0.25) is 11.8 Å². The number of hydrogen-bond donors (Lipinski definition) is 8. The van der Waals surface area contributed by atoms with E-state index < -0.39 is 54.8 Å². The zero-order valence-corrected chi connectivity index (χ0v) is 18.7. The second-order valence-corrected chi connectivity index (χ2v) is 7.85. The largest absolute Gasteiger partial charge is 0.480 e. The van der Waals surface area contributed by atoms with Crippen LogP contribution < -0.4 is 16.0 Å². The van der Waals surface area contributed by atoms with Crippen LogP contribution in [0.15, 0.2) is 30.3 Å². The molecule has 8 N–H and O–H groups in total. The Hall–Kier alpha value is -2.57. The Morgan fingerprint density at radius 1 is 0.939 bits per heavy atom. The number of carboxylic acids is 1. The maximum Gasteiger partial charge on any atom is 0.326 e. The average molecular weight is 470 g/mol. The molecule has 0 heterocycles. The predicted molar refractivity (Wildman–Crippen MR) is 119 cm³/mol. The van der Waals surface area contributed by atoms with Crippen LogP contribution in [0.4, 0.5) is 0 Å². The fourth-order valence-corrected chi connectivity index (χ4v) is 3.17. The molecule has 0 aliphatic carbocycles. The van der Waals surface area contributed by atoms with Gasteiger partial charge in [-0.05, 0) is 31.4 Å². The van der Waals surface area contributed by atoms with E-state index in [1.54, 1.807) is 12.1 Å². The fourth-order valence-electron chi connectivity index (χ4n) is 3.17. The highest BCUT2D eigenvalue weighted by Crippen LogP contribution is 2.06. The molecule has 11 heteroatoms. The molecule has 1 aromatic carbocycles. The highest BCUT2D eigenvalue weighted by Gasteiger charge is 2.26. The summed E-state index contributed by atoms with van der Waals surface area (Å²) in [6, 6.07) is 7.02. The summed E-state index contributed by atoms with van der Waals surface area (Å²) >= 11 is 0. The Balaban J connectivity index is 2.48. The third-order valence-corrected chi connectivity index (χ3v) is 5.02. The van der Waals surface area contributed by atoms with E-state index in [-0.39, 0.29) is 19.4 Å². The van der Waals surface area contributed by atoms with E-state index >= 15 is 0 Å². The minimum absolute atomic E-state index is 0.0186. The first-order chi connectivity index (χ1) is 15.6. The van der Waals surface area contributed by atoms with Gasteiger partial charge in [-0.1, -0.05) is 30.3 Å². The van der Waals surface area contributed by atoms with Crippen LogP contribution in [0.2, 0.25) is 0 Å². The van der Waals surface area contributed by atoms with Crippen molar-refractivity contribution in [2.75, 3.05) is 19.7 Å². The van der Waals surface area contributed by atoms with Gasteiger partial charge in [0, 0.05) is 19.9 Å². The lowest BCUT2D eigenvalue weighted by Crippen LogP contribution is -2.52. The first-order valence-corrected chi connectivity index (χ1v) is 10.9. The summed E-state index contributed by atoms with van der Waals surface area (Å²) in [5.74, 6) is -2.17. The van der Waals surface area contributed by atoms with Crippen molar-refractivity contribution in [1.82, 2.24) is 16.0 Å². The first kappa shape index (κ1) is 28.5. The molecule has 186 valence electrons. The third kappa shape index (κ3) is 11.2. The normalized spacial score (nSPS) is 15.7. The number of carbonyl (C=O) groups excluding carboxylic acids is 2. The van der Waals surface area contributed by atoms with Gasteiger partial charge in [0.05, 0.1) is 12.7 Å². The minimum atomic E-state index is -1.48. The summed E-state index contributed by atoms with van der Waals surface area (Å²) < 4.78 is 0. The van der Waals surface area contributed by atoms with Crippen molar-refractivity contribution in [3.63, 3.8) is 0 Å². The standard InChI is InChI=1S/C22H35N3O8/c1-14(27)24-17(11-15-7-3-2-4-8-15)21(31)25-16(22(32)33)9-5-6-10-23-12-18(28)20(30)19(29)13-26/h2-4,7-8,16-20,23,26,28-30H,5-6,9-13H2,1H3,(H,24,27)(H,25,31)(H,32,33). The molecule has 0 radical (unpaired) electrons. The number of rotatable bonds is 16. The molecule has 1 rings (SSSR count). The van der Waals surface area contributed by atoms with E-state index in [0.29, 0.717) is 19.4 Å². The van der Waals surface area contributed by atoms with Gasteiger partial charge in [-0.25, -0.2) is 4.79 Å². The van der Waals surface area contributed by atoms with Crippen LogP contribution in [-0.2, 0) is 20.8 Å². The first-order valence-electron chi connectivity index (χ1n) is 10.9. The van der Waals surface area contributed by atoms with E-state index in [4.69, 9.17) is 5.11 Å². The number of carbonyl (C=O) groups is 3. The molecule has 33 heavy (non-hydrogen) atoms. The summed E-state index contributed by atoms with van der Waals surface area (Å²) in [5.41, 5.74) is 0.822. The Kier molecular flexibility index (Phi) is 13.2. The van der Waals surface area contributed by atoms with Crippen LogP contribution in [0.5, 0.6) is 0 Å². The van der Waals surface area contributed by atoms with Crippen LogP contribution in [0.1, 0.15) is 31.7 Å². The SMILES string of the molecule is CC(=O)NC(Cc1ccccc1)C(=O)NC(CCCCNCC(O)C(O)C(O)CO)C(=O)O. The molecule has 0 aliphatic rings. The van der Waals surface area contributed by atoms with E-state index in [1.807, 2.05) is 18.2 Å². The molecule has 2 amide bonds. The minimum Gasteiger partial charge on any atom is -0.480 e. The Morgan fingerprint density at radius 2 is 1.61 bits per heavy atom. The zero-order chi connectivity index (χ0) is 24.8. The van der Waals surface area contributed by atoms with Crippen LogP contribution >= 0.6 is 0 Å². The Bertz CT molecular complexity index is 734. The Morgan fingerprint density at radius 3 is 2.18 bits per heavy atom. The smallest absolute Gasteiger partial charge is 0.326 e. The van der Waals surface area contributed by atoms with Gasteiger partial charge < -0.3 is 41.5 Å². The topological polar surface area (TPSA) is 188 Å². The van der Waals surface area contributed by atoms with Gasteiger partial charge in [-0.15, -0.1) is 0 Å².